The Kier molecular flexibility index (Phi) is 6.71. The monoisotopic (exact) mass is 280 g/mol. The minimum absolute atomic E-state index is 0.694. The lowest BCUT2D eigenvalue weighted by Gasteiger charge is -2.26. The number of thioether (sulfide) groups is 1. The van der Waals surface area contributed by atoms with E-state index in [1.165, 1.54) is 42.3 Å². The lowest BCUT2D eigenvalue weighted by Crippen LogP contribution is -2.37. The van der Waals surface area contributed by atoms with Crippen molar-refractivity contribution in [1.82, 2.24) is 10.2 Å². The van der Waals surface area contributed by atoms with Crippen molar-refractivity contribution in [1.29, 1.82) is 0 Å². The highest BCUT2D eigenvalue weighted by atomic mass is 32.2. The molecule has 0 atom stereocenters. The van der Waals surface area contributed by atoms with Gasteiger partial charge in [-0.1, -0.05) is 24.3 Å². The van der Waals surface area contributed by atoms with Gasteiger partial charge in [0.1, 0.15) is 0 Å². The van der Waals surface area contributed by atoms with Crippen LogP contribution in [0.1, 0.15) is 11.1 Å². The van der Waals surface area contributed by atoms with Crippen LogP contribution in [0.5, 0.6) is 0 Å². The third-order valence-corrected chi connectivity index (χ3v) is 4.28. The maximum atomic E-state index is 5.16. The molecule has 1 heterocycles. The summed E-state index contributed by atoms with van der Waals surface area (Å²) in [5, 5.41) is 3.53. The van der Waals surface area contributed by atoms with E-state index in [-0.39, 0.29) is 0 Å². The number of nitrogens with zero attached hydrogens (tertiary/aromatic N) is 1. The number of hydrogen-bond donors (Lipinski definition) is 1. The summed E-state index contributed by atoms with van der Waals surface area (Å²) in [6.07, 6.45) is 0. The van der Waals surface area contributed by atoms with E-state index < -0.39 is 0 Å². The molecule has 0 bridgehead atoms. The summed E-state index contributed by atoms with van der Waals surface area (Å²) in [5.74, 6) is 2.58. The van der Waals surface area contributed by atoms with Crippen molar-refractivity contribution in [2.75, 3.05) is 44.8 Å². The summed E-state index contributed by atoms with van der Waals surface area (Å²) in [5.41, 5.74) is 2.58. The maximum absolute atomic E-state index is 5.16. The van der Waals surface area contributed by atoms with Gasteiger partial charge in [0.25, 0.3) is 0 Å². The van der Waals surface area contributed by atoms with Crippen LogP contribution in [-0.4, -0.2) is 49.7 Å². The van der Waals surface area contributed by atoms with Gasteiger partial charge in [-0.2, -0.15) is 11.8 Å². The zero-order valence-corrected chi connectivity index (χ0v) is 12.5. The van der Waals surface area contributed by atoms with Crippen molar-refractivity contribution in [2.24, 2.45) is 0 Å². The molecule has 1 aliphatic heterocycles. The molecule has 19 heavy (non-hydrogen) atoms. The molecule has 0 aliphatic carbocycles. The summed E-state index contributed by atoms with van der Waals surface area (Å²) in [4.78, 5) is 2.55. The lowest BCUT2D eigenvalue weighted by atomic mass is 10.1. The van der Waals surface area contributed by atoms with Crippen LogP contribution in [0.15, 0.2) is 24.3 Å². The van der Waals surface area contributed by atoms with Gasteiger partial charge < -0.3 is 15.0 Å². The zero-order chi connectivity index (χ0) is 13.3. The highest BCUT2D eigenvalue weighted by Gasteiger charge is 2.08. The maximum Gasteiger partial charge on any atom is 0.0713 e. The summed E-state index contributed by atoms with van der Waals surface area (Å²) in [6.45, 7) is 6.36. The fourth-order valence-corrected chi connectivity index (χ4v) is 3.27. The van der Waals surface area contributed by atoms with E-state index in [2.05, 4.69) is 46.2 Å². The number of methoxy groups -OCH3 is 1. The topological polar surface area (TPSA) is 24.5 Å². The van der Waals surface area contributed by atoms with Gasteiger partial charge in [0.2, 0.25) is 0 Å². The van der Waals surface area contributed by atoms with E-state index in [0.29, 0.717) is 6.61 Å². The van der Waals surface area contributed by atoms with Crippen LogP contribution < -0.4 is 5.32 Å². The Hall–Kier alpha value is -0.550. The van der Waals surface area contributed by atoms with Crippen LogP contribution >= 0.6 is 11.8 Å². The molecule has 3 nitrogen and oxygen atoms in total. The van der Waals surface area contributed by atoms with E-state index in [1.807, 2.05) is 0 Å². The molecular weight excluding hydrogens is 256 g/mol. The van der Waals surface area contributed by atoms with Crippen molar-refractivity contribution in [3.05, 3.63) is 35.4 Å². The minimum Gasteiger partial charge on any atom is -0.380 e. The van der Waals surface area contributed by atoms with Crippen LogP contribution in [-0.2, 0) is 17.9 Å². The summed E-state index contributed by atoms with van der Waals surface area (Å²) in [7, 11) is 1.74. The van der Waals surface area contributed by atoms with E-state index in [1.54, 1.807) is 7.11 Å². The first-order valence-electron chi connectivity index (χ1n) is 6.96. The van der Waals surface area contributed by atoms with E-state index in [9.17, 15) is 0 Å². The molecular formula is C15H24N2OS. The Morgan fingerprint density at radius 1 is 1.26 bits per heavy atom. The SMILES string of the molecule is COCc1cccc(CNCCN2CCSCC2)c1. The third kappa shape index (κ3) is 5.53. The number of benzene rings is 1. The lowest BCUT2D eigenvalue weighted by molar-refractivity contribution is 0.185. The van der Waals surface area contributed by atoms with Crippen LogP contribution in [0, 0.1) is 0 Å². The van der Waals surface area contributed by atoms with Crippen molar-refractivity contribution < 1.29 is 4.74 Å². The van der Waals surface area contributed by atoms with Crippen LogP contribution in [0.2, 0.25) is 0 Å². The third-order valence-electron chi connectivity index (χ3n) is 3.34. The first-order valence-corrected chi connectivity index (χ1v) is 8.11. The first kappa shape index (κ1) is 14.9. The zero-order valence-electron chi connectivity index (χ0n) is 11.7. The standard InChI is InChI=1S/C15H24N2OS/c1-18-13-15-4-2-3-14(11-15)12-16-5-6-17-7-9-19-10-8-17/h2-4,11,16H,5-10,12-13H2,1H3. The predicted octanol–water partition coefficient (Wildman–Crippen LogP) is 1.97. The molecule has 106 valence electrons. The Morgan fingerprint density at radius 2 is 2.05 bits per heavy atom. The number of rotatable bonds is 7. The molecule has 1 aromatic carbocycles. The molecule has 0 aromatic heterocycles. The van der Waals surface area contributed by atoms with E-state index in [4.69, 9.17) is 4.74 Å². The fraction of sp³-hybridized carbons (Fsp3) is 0.600. The molecule has 1 aliphatic rings. The Morgan fingerprint density at radius 3 is 2.84 bits per heavy atom. The largest absolute Gasteiger partial charge is 0.380 e. The Bertz CT molecular complexity index is 367. The van der Waals surface area contributed by atoms with Gasteiger partial charge in [-0.3, -0.25) is 0 Å². The normalized spacial score (nSPS) is 16.7. The molecule has 0 radical (unpaired) electrons. The first-order chi connectivity index (χ1) is 9.38. The van der Waals surface area contributed by atoms with Gasteiger partial charge >= 0.3 is 0 Å². The van der Waals surface area contributed by atoms with Gasteiger partial charge in [-0.25, -0.2) is 0 Å². The molecule has 1 N–H and O–H groups in total. The molecule has 0 spiro atoms. The number of ether oxygens (including phenoxy) is 1. The molecule has 4 heteroatoms. The molecule has 1 fully saturated rings. The fourth-order valence-electron chi connectivity index (χ4n) is 2.29. The second-order valence-corrected chi connectivity index (χ2v) is 6.11. The Labute approximate surface area is 120 Å². The highest BCUT2D eigenvalue weighted by Crippen LogP contribution is 2.08. The van der Waals surface area contributed by atoms with Crippen molar-refractivity contribution in [3.63, 3.8) is 0 Å². The van der Waals surface area contributed by atoms with Crippen molar-refractivity contribution in [3.8, 4) is 0 Å². The Balaban J connectivity index is 1.65. The quantitative estimate of drug-likeness (QED) is 0.772. The molecule has 1 saturated heterocycles. The predicted molar refractivity (Wildman–Crippen MR) is 82.6 cm³/mol. The summed E-state index contributed by atoms with van der Waals surface area (Å²) >= 11 is 2.07. The average Bonchev–Trinajstić information content (AvgIpc) is 2.46. The van der Waals surface area contributed by atoms with Gasteiger partial charge in [-0.05, 0) is 11.1 Å². The van der Waals surface area contributed by atoms with Crippen LogP contribution in [0.3, 0.4) is 0 Å². The average molecular weight is 280 g/mol. The van der Waals surface area contributed by atoms with Gasteiger partial charge in [0.05, 0.1) is 6.61 Å². The van der Waals surface area contributed by atoms with Crippen molar-refractivity contribution in [2.45, 2.75) is 13.2 Å². The van der Waals surface area contributed by atoms with E-state index >= 15 is 0 Å². The van der Waals surface area contributed by atoms with Gasteiger partial charge in [-0.15, -0.1) is 0 Å². The second-order valence-electron chi connectivity index (χ2n) is 4.88. The van der Waals surface area contributed by atoms with Crippen molar-refractivity contribution >= 4 is 11.8 Å². The van der Waals surface area contributed by atoms with Crippen LogP contribution in [0.25, 0.3) is 0 Å². The minimum atomic E-state index is 0.694. The summed E-state index contributed by atoms with van der Waals surface area (Å²) < 4.78 is 5.16. The van der Waals surface area contributed by atoms with Gasteiger partial charge in [0, 0.05) is 51.3 Å². The molecule has 0 unspecified atom stereocenters. The van der Waals surface area contributed by atoms with E-state index in [0.717, 1.165) is 13.1 Å². The molecule has 0 saturated carbocycles. The highest BCUT2D eigenvalue weighted by molar-refractivity contribution is 7.99. The van der Waals surface area contributed by atoms with Crippen LogP contribution in [0.4, 0.5) is 0 Å². The molecule has 2 rings (SSSR count). The molecule has 0 amide bonds. The second kappa shape index (κ2) is 8.59. The number of hydrogen-bond acceptors (Lipinski definition) is 4. The molecule has 1 aromatic rings. The smallest absolute Gasteiger partial charge is 0.0713 e. The van der Waals surface area contributed by atoms with Gasteiger partial charge in [0.15, 0.2) is 0 Å². The number of nitrogens with one attached hydrogen (secondary N) is 1. The summed E-state index contributed by atoms with van der Waals surface area (Å²) in [6, 6.07) is 8.60.